The molecule has 2 unspecified atom stereocenters. The third-order valence-corrected chi connectivity index (χ3v) is 3.62. The van der Waals surface area contributed by atoms with Gasteiger partial charge in [0.25, 0.3) is 11.7 Å². The van der Waals surface area contributed by atoms with Crippen molar-refractivity contribution in [1.29, 1.82) is 0 Å². The van der Waals surface area contributed by atoms with Crippen LogP contribution in [0.3, 0.4) is 0 Å². The second kappa shape index (κ2) is 4.44. The molecule has 0 aromatic carbocycles. The highest BCUT2D eigenvalue weighted by atomic mass is 16.5. The van der Waals surface area contributed by atoms with Crippen molar-refractivity contribution < 1.29 is 9.32 Å². The lowest BCUT2D eigenvalue weighted by atomic mass is 9.72. The Morgan fingerprint density at radius 3 is 3.00 bits per heavy atom. The smallest absolute Gasteiger partial charge is 0.292 e. The average Bonchev–Trinajstić information content (AvgIpc) is 2.82. The van der Waals surface area contributed by atoms with Gasteiger partial charge < -0.3 is 15.6 Å². The standard InChI is InChI=1S/C11H18N4O2/c1-11(6-4-3-5-7(11)12)10-14-8(15-17-10)9(16)13-2/h7H,3-6,12H2,1-2H3,(H,13,16). The van der Waals surface area contributed by atoms with Gasteiger partial charge in [-0.25, -0.2) is 0 Å². The molecule has 1 aromatic heterocycles. The third kappa shape index (κ3) is 2.04. The Morgan fingerprint density at radius 1 is 1.59 bits per heavy atom. The Hall–Kier alpha value is -1.43. The molecule has 3 N–H and O–H groups in total. The van der Waals surface area contributed by atoms with Crippen LogP contribution in [0.4, 0.5) is 0 Å². The van der Waals surface area contributed by atoms with E-state index in [1.165, 1.54) is 7.05 Å². The number of hydrogen-bond donors (Lipinski definition) is 2. The molecule has 17 heavy (non-hydrogen) atoms. The summed E-state index contributed by atoms with van der Waals surface area (Å²) in [5.41, 5.74) is 5.83. The number of nitrogens with two attached hydrogens (primary N) is 1. The minimum absolute atomic E-state index is 0.00855. The molecule has 0 radical (unpaired) electrons. The van der Waals surface area contributed by atoms with Crippen LogP contribution in [0.5, 0.6) is 0 Å². The Bertz CT molecular complexity index is 417. The van der Waals surface area contributed by atoms with Gasteiger partial charge in [-0.1, -0.05) is 18.0 Å². The summed E-state index contributed by atoms with van der Waals surface area (Å²) >= 11 is 0. The van der Waals surface area contributed by atoms with Crippen LogP contribution in [-0.2, 0) is 5.41 Å². The molecule has 2 atom stereocenters. The molecule has 1 heterocycles. The second-order valence-electron chi connectivity index (χ2n) is 4.77. The second-order valence-corrected chi connectivity index (χ2v) is 4.77. The highest BCUT2D eigenvalue weighted by Gasteiger charge is 2.41. The first-order valence-electron chi connectivity index (χ1n) is 5.90. The Labute approximate surface area is 99.9 Å². The van der Waals surface area contributed by atoms with E-state index in [0.717, 1.165) is 25.7 Å². The van der Waals surface area contributed by atoms with Crippen LogP contribution in [0.15, 0.2) is 4.52 Å². The summed E-state index contributed by atoms with van der Waals surface area (Å²) in [4.78, 5) is 15.5. The summed E-state index contributed by atoms with van der Waals surface area (Å²) in [6.07, 6.45) is 4.10. The van der Waals surface area contributed by atoms with Crippen molar-refractivity contribution in [3.8, 4) is 0 Å². The molecule has 1 aromatic rings. The van der Waals surface area contributed by atoms with E-state index in [1.807, 2.05) is 6.92 Å². The fourth-order valence-electron chi connectivity index (χ4n) is 2.29. The number of nitrogens with one attached hydrogen (secondary N) is 1. The molecule has 1 aliphatic carbocycles. The van der Waals surface area contributed by atoms with Gasteiger partial charge in [-0.15, -0.1) is 0 Å². The maximum atomic E-state index is 11.4. The monoisotopic (exact) mass is 238 g/mol. The van der Waals surface area contributed by atoms with Crippen LogP contribution in [-0.4, -0.2) is 29.1 Å². The van der Waals surface area contributed by atoms with Crippen molar-refractivity contribution in [3.05, 3.63) is 11.7 Å². The molecule has 1 amide bonds. The highest BCUT2D eigenvalue weighted by Crippen LogP contribution is 2.37. The first-order valence-corrected chi connectivity index (χ1v) is 5.90. The molecule has 94 valence electrons. The van der Waals surface area contributed by atoms with Gasteiger partial charge in [0.2, 0.25) is 5.89 Å². The van der Waals surface area contributed by atoms with Crippen molar-refractivity contribution in [2.45, 2.75) is 44.1 Å². The number of carbonyl (C=O) groups is 1. The number of aromatic nitrogens is 2. The zero-order valence-corrected chi connectivity index (χ0v) is 10.2. The minimum Gasteiger partial charge on any atom is -0.352 e. The number of nitrogens with zero attached hydrogens (tertiary/aromatic N) is 2. The minimum atomic E-state index is -0.340. The zero-order valence-electron chi connectivity index (χ0n) is 10.2. The lowest BCUT2D eigenvalue weighted by Crippen LogP contribution is -2.45. The molecule has 2 rings (SSSR count). The Balaban J connectivity index is 2.26. The first kappa shape index (κ1) is 12.0. The van der Waals surface area contributed by atoms with Crippen LogP contribution < -0.4 is 11.1 Å². The van der Waals surface area contributed by atoms with Crippen LogP contribution in [0, 0.1) is 0 Å². The van der Waals surface area contributed by atoms with E-state index in [9.17, 15) is 4.79 Å². The van der Waals surface area contributed by atoms with Crippen LogP contribution in [0.1, 0.15) is 49.1 Å². The number of carbonyl (C=O) groups excluding carboxylic acids is 1. The summed E-state index contributed by atoms with van der Waals surface area (Å²) in [7, 11) is 1.53. The predicted octanol–water partition coefficient (Wildman–Crippen LogP) is 0.588. The van der Waals surface area contributed by atoms with Crippen molar-refractivity contribution >= 4 is 5.91 Å². The van der Waals surface area contributed by atoms with E-state index < -0.39 is 0 Å². The first-order chi connectivity index (χ1) is 8.08. The highest BCUT2D eigenvalue weighted by molar-refractivity contribution is 5.89. The van der Waals surface area contributed by atoms with E-state index in [-0.39, 0.29) is 23.2 Å². The molecule has 1 saturated carbocycles. The van der Waals surface area contributed by atoms with Gasteiger partial charge in [-0.3, -0.25) is 4.79 Å². The topological polar surface area (TPSA) is 94.0 Å². The summed E-state index contributed by atoms with van der Waals surface area (Å²) in [6.45, 7) is 2.03. The van der Waals surface area contributed by atoms with Gasteiger partial charge >= 0.3 is 0 Å². The third-order valence-electron chi connectivity index (χ3n) is 3.62. The normalized spacial score (nSPS) is 29.0. The molecule has 1 aliphatic rings. The maximum absolute atomic E-state index is 11.4. The van der Waals surface area contributed by atoms with Crippen molar-refractivity contribution in [2.75, 3.05) is 7.05 Å². The van der Waals surface area contributed by atoms with Gasteiger partial charge in [-0.2, -0.15) is 4.98 Å². The molecule has 0 saturated heterocycles. The molecular formula is C11H18N4O2. The van der Waals surface area contributed by atoms with E-state index in [4.69, 9.17) is 10.3 Å². The molecule has 0 aliphatic heterocycles. The SMILES string of the molecule is CNC(=O)c1noc(C2(C)CCCCC2N)n1. The average molecular weight is 238 g/mol. The van der Waals surface area contributed by atoms with Crippen LogP contribution in [0.25, 0.3) is 0 Å². The summed E-state index contributed by atoms with van der Waals surface area (Å²) < 4.78 is 5.20. The number of rotatable bonds is 2. The molecule has 6 heteroatoms. The number of amides is 1. The maximum Gasteiger partial charge on any atom is 0.292 e. The fraction of sp³-hybridized carbons (Fsp3) is 0.727. The van der Waals surface area contributed by atoms with Crippen molar-refractivity contribution in [3.63, 3.8) is 0 Å². The lowest BCUT2D eigenvalue weighted by molar-refractivity contribution is 0.0950. The summed E-state index contributed by atoms with van der Waals surface area (Å²) in [5, 5.41) is 6.15. The van der Waals surface area contributed by atoms with Crippen LogP contribution in [0.2, 0.25) is 0 Å². The van der Waals surface area contributed by atoms with Gasteiger partial charge in [0, 0.05) is 13.1 Å². The molecule has 1 fully saturated rings. The lowest BCUT2D eigenvalue weighted by Gasteiger charge is -2.35. The van der Waals surface area contributed by atoms with Gasteiger partial charge in [0.1, 0.15) is 0 Å². The van der Waals surface area contributed by atoms with Crippen molar-refractivity contribution in [1.82, 2.24) is 15.5 Å². The van der Waals surface area contributed by atoms with E-state index in [2.05, 4.69) is 15.5 Å². The van der Waals surface area contributed by atoms with E-state index in [1.54, 1.807) is 0 Å². The van der Waals surface area contributed by atoms with Crippen LogP contribution >= 0.6 is 0 Å². The van der Waals surface area contributed by atoms with Gasteiger partial charge in [-0.05, 0) is 19.8 Å². The zero-order chi connectivity index (χ0) is 12.5. The van der Waals surface area contributed by atoms with Gasteiger partial charge in [0.15, 0.2) is 0 Å². The predicted molar refractivity (Wildman–Crippen MR) is 61.5 cm³/mol. The largest absolute Gasteiger partial charge is 0.352 e. The number of hydrogen-bond acceptors (Lipinski definition) is 5. The summed E-state index contributed by atoms with van der Waals surface area (Å²) in [5.74, 6) is 0.206. The quantitative estimate of drug-likeness (QED) is 0.786. The Kier molecular flexibility index (Phi) is 3.15. The fourth-order valence-corrected chi connectivity index (χ4v) is 2.29. The van der Waals surface area contributed by atoms with E-state index >= 15 is 0 Å². The molecule has 0 bridgehead atoms. The van der Waals surface area contributed by atoms with E-state index in [0.29, 0.717) is 5.89 Å². The van der Waals surface area contributed by atoms with Crippen molar-refractivity contribution in [2.24, 2.45) is 5.73 Å². The van der Waals surface area contributed by atoms with Gasteiger partial charge in [0.05, 0.1) is 5.41 Å². The molecule has 0 spiro atoms. The summed E-state index contributed by atoms with van der Waals surface area (Å²) in [6, 6.07) is 0.00855. The molecular weight excluding hydrogens is 220 g/mol. The Morgan fingerprint density at radius 2 is 2.35 bits per heavy atom. The molecule has 6 nitrogen and oxygen atoms in total.